The van der Waals surface area contributed by atoms with Gasteiger partial charge < -0.3 is 16.0 Å². The van der Waals surface area contributed by atoms with Crippen LogP contribution >= 0.6 is 0 Å². The molecule has 0 fully saturated rings. The van der Waals surface area contributed by atoms with Gasteiger partial charge in [0.05, 0.1) is 18.8 Å². The van der Waals surface area contributed by atoms with Crippen molar-refractivity contribution in [3.05, 3.63) is 35.4 Å². The van der Waals surface area contributed by atoms with E-state index < -0.39 is 11.8 Å². The van der Waals surface area contributed by atoms with Crippen molar-refractivity contribution in [3.8, 4) is 11.3 Å². The van der Waals surface area contributed by atoms with Gasteiger partial charge in [-0.1, -0.05) is 17.2 Å². The van der Waals surface area contributed by atoms with E-state index in [1.54, 1.807) is 6.07 Å². The molecule has 0 saturated heterocycles. The van der Waals surface area contributed by atoms with Crippen molar-refractivity contribution < 1.29 is 14.4 Å². The Kier molecular flexibility index (Phi) is 5.89. The topological polar surface area (TPSA) is 116 Å². The summed E-state index contributed by atoms with van der Waals surface area (Å²) in [6.45, 7) is 4.97. The number of nitrogens with one attached hydrogen (secondary N) is 4. The van der Waals surface area contributed by atoms with Gasteiger partial charge in [-0.05, 0) is 26.0 Å². The number of H-pyrrole nitrogens is 1. The van der Waals surface area contributed by atoms with E-state index in [0.717, 1.165) is 22.4 Å². The summed E-state index contributed by atoms with van der Waals surface area (Å²) >= 11 is 0. The number of carbonyl (C=O) groups excluding carboxylic acids is 3. The molecule has 132 valence electrons. The number of aryl methyl sites for hydroxylation is 2. The maximum absolute atomic E-state index is 11.8. The Hall–Kier alpha value is -3.16. The fourth-order valence-electron chi connectivity index (χ4n) is 2.30. The number of aromatic amines is 1. The van der Waals surface area contributed by atoms with Crippen LogP contribution in [0.2, 0.25) is 0 Å². The number of hydrogen-bond donors (Lipinski definition) is 4. The van der Waals surface area contributed by atoms with Gasteiger partial charge in [0, 0.05) is 18.6 Å². The van der Waals surface area contributed by atoms with E-state index >= 15 is 0 Å². The third-order valence-electron chi connectivity index (χ3n) is 3.32. The number of rotatable bonds is 6. The van der Waals surface area contributed by atoms with Gasteiger partial charge in [0.2, 0.25) is 17.7 Å². The first-order valence-corrected chi connectivity index (χ1v) is 7.78. The van der Waals surface area contributed by atoms with Crippen LogP contribution in [-0.4, -0.2) is 41.0 Å². The minimum absolute atomic E-state index is 0.165. The highest BCUT2D eigenvalue weighted by atomic mass is 16.2. The molecule has 0 aliphatic rings. The third-order valence-corrected chi connectivity index (χ3v) is 3.32. The predicted octanol–water partition coefficient (Wildman–Crippen LogP) is 0.884. The number of anilines is 1. The molecule has 0 radical (unpaired) electrons. The lowest BCUT2D eigenvalue weighted by atomic mass is 10.1. The SMILES string of the molecule is CC(=O)NCC(=O)NCC(=O)Nc1cc(-c2cc(C)cc(C)c2)[nH]n1. The quantitative estimate of drug-likeness (QED) is 0.623. The van der Waals surface area contributed by atoms with Crippen molar-refractivity contribution in [2.45, 2.75) is 20.8 Å². The van der Waals surface area contributed by atoms with Gasteiger partial charge in [-0.2, -0.15) is 5.10 Å². The van der Waals surface area contributed by atoms with Gasteiger partial charge >= 0.3 is 0 Å². The van der Waals surface area contributed by atoms with Gasteiger partial charge in [-0.25, -0.2) is 0 Å². The molecular formula is C17H21N5O3. The second-order valence-corrected chi connectivity index (χ2v) is 5.78. The Morgan fingerprint density at radius 3 is 2.24 bits per heavy atom. The fourth-order valence-corrected chi connectivity index (χ4v) is 2.30. The lowest BCUT2D eigenvalue weighted by molar-refractivity contribution is -0.126. The Morgan fingerprint density at radius 2 is 1.60 bits per heavy atom. The summed E-state index contributed by atoms with van der Waals surface area (Å²) in [5.74, 6) is -0.789. The molecule has 0 bridgehead atoms. The first-order chi connectivity index (χ1) is 11.8. The maximum Gasteiger partial charge on any atom is 0.244 e. The van der Waals surface area contributed by atoms with Gasteiger partial charge in [-0.15, -0.1) is 0 Å². The Labute approximate surface area is 145 Å². The molecule has 0 saturated carbocycles. The van der Waals surface area contributed by atoms with Crippen molar-refractivity contribution >= 4 is 23.5 Å². The molecule has 0 spiro atoms. The Morgan fingerprint density at radius 1 is 0.960 bits per heavy atom. The normalized spacial score (nSPS) is 10.2. The van der Waals surface area contributed by atoms with E-state index in [-0.39, 0.29) is 19.0 Å². The zero-order valence-electron chi connectivity index (χ0n) is 14.4. The maximum atomic E-state index is 11.8. The van der Waals surface area contributed by atoms with E-state index in [1.807, 2.05) is 26.0 Å². The molecule has 25 heavy (non-hydrogen) atoms. The molecule has 2 rings (SSSR count). The van der Waals surface area contributed by atoms with Gasteiger partial charge in [0.1, 0.15) is 0 Å². The number of hydrogen-bond acceptors (Lipinski definition) is 4. The predicted molar refractivity (Wildman–Crippen MR) is 93.8 cm³/mol. The van der Waals surface area contributed by atoms with Crippen LogP contribution in [0, 0.1) is 13.8 Å². The second-order valence-electron chi connectivity index (χ2n) is 5.78. The van der Waals surface area contributed by atoms with Crippen LogP contribution < -0.4 is 16.0 Å². The van der Waals surface area contributed by atoms with E-state index in [1.165, 1.54) is 6.92 Å². The van der Waals surface area contributed by atoms with E-state index in [2.05, 4.69) is 32.2 Å². The Bertz CT molecular complexity index is 777. The molecule has 8 heteroatoms. The standard InChI is InChI=1S/C17H21N5O3/c1-10-4-11(2)6-13(5-10)14-7-15(22-21-14)20-17(25)9-19-16(24)8-18-12(3)23/h4-7H,8-9H2,1-3H3,(H,18,23)(H,19,24)(H2,20,21,22,25). The lowest BCUT2D eigenvalue weighted by Crippen LogP contribution is -2.39. The van der Waals surface area contributed by atoms with Crippen LogP contribution in [0.15, 0.2) is 24.3 Å². The fraction of sp³-hybridized carbons (Fsp3) is 0.294. The van der Waals surface area contributed by atoms with Gasteiger partial charge in [0.15, 0.2) is 5.82 Å². The molecule has 4 N–H and O–H groups in total. The van der Waals surface area contributed by atoms with Crippen LogP contribution in [0.5, 0.6) is 0 Å². The van der Waals surface area contributed by atoms with E-state index in [4.69, 9.17) is 0 Å². The van der Waals surface area contributed by atoms with E-state index in [9.17, 15) is 14.4 Å². The van der Waals surface area contributed by atoms with Crippen LogP contribution in [0.3, 0.4) is 0 Å². The highest BCUT2D eigenvalue weighted by Crippen LogP contribution is 2.22. The molecule has 2 aromatic rings. The molecule has 8 nitrogen and oxygen atoms in total. The highest BCUT2D eigenvalue weighted by Gasteiger charge is 2.09. The van der Waals surface area contributed by atoms with Crippen LogP contribution in [0.1, 0.15) is 18.1 Å². The molecule has 0 aliphatic heterocycles. The van der Waals surface area contributed by atoms with Crippen LogP contribution in [0.4, 0.5) is 5.82 Å². The Balaban J connectivity index is 1.89. The number of carbonyl (C=O) groups is 3. The largest absolute Gasteiger partial charge is 0.347 e. The average molecular weight is 343 g/mol. The summed E-state index contributed by atoms with van der Waals surface area (Å²) < 4.78 is 0. The number of nitrogens with zero attached hydrogens (tertiary/aromatic N) is 1. The smallest absolute Gasteiger partial charge is 0.244 e. The minimum Gasteiger partial charge on any atom is -0.347 e. The molecular weight excluding hydrogens is 322 g/mol. The van der Waals surface area contributed by atoms with Gasteiger partial charge in [-0.3, -0.25) is 19.5 Å². The zero-order chi connectivity index (χ0) is 18.4. The highest BCUT2D eigenvalue weighted by molar-refractivity contribution is 5.94. The summed E-state index contributed by atoms with van der Waals surface area (Å²) in [6, 6.07) is 7.85. The molecule has 3 amide bonds. The summed E-state index contributed by atoms with van der Waals surface area (Å²) in [5, 5.41) is 14.3. The number of benzene rings is 1. The first kappa shape index (κ1) is 18.2. The second kappa shape index (κ2) is 8.09. The molecule has 1 aromatic carbocycles. The van der Waals surface area contributed by atoms with Gasteiger partial charge in [0.25, 0.3) is 0 Å². The third kappa shape index (κ3) is 5.76. The van der Waals surface area contributed by atoms with Crippen molar-refractivity contribution in [3.63, 3.8) is 0 Å². The van der Waals surface area contributed by atoms with E-state index in [0.29, 0.717) is 5.82 Å². The zero-order valence-corrected chi connectivity index (χ0v) is 14.4. The average Bonchev–Trinajstić information content (AvgIpc) is 2.98. The number of aromatic nitrogens is 2. The monoisotopic (exact) mass is 343 g/mol. The van der Waals surface area contributed by atoms with Crippen molar-refractivity contribution in [2.75, 3.05) is 18.4 Å². The summed E-state index contributed by atoms with van der Waals surface area (Å²) in [7, 11) is 0. The minimum atomic E-state index is -0.441. The van der Waals surface area contributed by atoms with Crippen molar-refractivity contribution in [2.24, 2.45) is 0 Å². The van der Waals surface area contributed by atoms with Crippen molar-refractivity contribution in [1.82, 2.24) is 20.8 Å². The molecule has 1 heterocycles. The molecule has 0 aliphatic carbocycles. The first-order valence-electron chi connectivity index (χ1n) is 7.78. The summed E-state index contributed by atoms with van der Waals surface area (Å²) in [4.78, 5) is 34.0. The molecule has 0 atom stereocenters. The summed E-state index contributed by atoms with van der Waals surface area (Å²) in [5.41, 5.74) is 4.04. The molecule has 1 aromatic heterocycles. The van der Waals surface area contributed by atoms with Crippen LogP contribution in [-0.2, 0) is 14.4 Å². The summed E-state index contributed by atoms with van der Waals surface area (Å²) in [6.07, 6.45) is 0. The van der Waals surface area contributed by atoms with Crippen molar-refractivity contribution in [1.29, 1.82) is 0 Å². The number of amides is 3. The molecule has 0 unspecified atom stereocenters. The van der Waals surface area contributed by atoms with Crippen LogP contribution in [0.25, 0.3) is 11.3 Å². The lowest BCUT2D eigenvalue weighted by Gasteiger charge is -2.05.